The van der Waals surface area contributed by atoms with Crippen molar-refractivity contribution in [2.75, 3.05) is 19.8 Å². The first-order valence-corrected chi connectivity index (χ1v) is 8.50. The van der Waals surface area contributed by atoms with Crippen molar-refractivity contribution in [3.63, 3.8) is 0 Å². The summed E-state index contributed by atoms with van der Waals surface area (Å²) in [4.78, 5) is 14.8. The van der Waals surface area contributed by atoms with Gasteiger partial charge in [-0.3, -0.25) is 9.89 Å². The highest BCUT2D eigenvalue weighted by atomic mass is 16.5. The first-order valence-electron chi connectivity index (χ1n) is 8.50. The molecule has 0 spiro atoms. The van der Waals surface area contributed by atoms with Gasteiger partial charge >= 0.3 is 0 Å². The van der Waals surface area contributed by atoms with Crippen LogP contribution in [0.25, 0.3) is 0 Å². The molecular formula is C19H25N3O2. The Kier molecular flexibility index (Phi) is 5.00. The first-order chi connectivity index (χ1) is 11.6. The maximum absolute atomic E-state index is 12.8. The van der Waals surface area contributed by atoms with E-state index in [0.29, 0.717) is 26.2 Å². The fourth-order valence-corrected chi connectivity index (χ4v) is 3.34. The lowest BCUT2D eigenvalue weighted by Crippen LogP contribution is -2.43. The van der Waals surface area contributed by atoms with Gasteiger partial charge in [0.25, 0.3) is 0 Å². The number of ether oxygens (including phenoxy) is 1. The number of nitrogens with one attached hydrogen (secondary N) is 1. The maximum Gasteiger partial charge on any atom is 0.223 e. The number of rotatable bonds is 4. The number of benzene rings is 1. The summed E-state index contributed by atoms with van der Waals surface area (Å²) in [6.45, 7) is 7.83. The number of hydrogen-bond donors (Lipinski definition) is 1. The van der Waals surface area contributed by atoms with Gasteiger partial charge in [-0.2, -0.15) is 5.10 Å². The van der Waals surface area contributed by atoms with Gasteiger partial charge in [-0.05, 0) is 32.8 Å². The fraction of sp³-hybridized carbons (Fsp3) is 0.474. The van der Waals surface area contributed by atoms with Gasteiger partial charge in [-0.1, -0.05) is 29.8 Å². The van der Waals surface area contributed by atoms with E-state index in [1.807, 2.05) is 18.7 Å². The van der Waals surface area contributed by atoms with Crippen molar-refractivity contribution in [3.8, 4) is 0 Å². The quantitative estimate of drug-likeness (QED) is 0.939. The lowest BCUT2D eigenvalue weighted by atomic mass is 10.0. The van der Waals surface area contributed by atoms with E-state index in [1.165, 1.54) is 11.1 Å². The minimum atomic E-state index is -0.0389. The maximum atomic E-state index is 12.8. The number of morpholine rings is 1. The Bertz CT molecular complexity index is 686. The number of H-pyrrole nitrogens is 1. The second-order valence-corrected chi connectivity index (χ2v) is 6.51. The van der Waals surface area contributed by atoms with Gasteiger partial charge in [0, 0.05) is 24.2 Å². The molecule has 2 aromatic rings. The van der Waals surface area contributed by atoms with Gasteiger partial charge in [0.2, 0.25) is 5.91 Å². The second kappa shape index (κ2) is 7.18. The molecule has 1 atom stereocenters. The molecular weight excluding hydrogens is 302 g/mol. The molecule has 0 radical (unpaired) electrons. The summed E-state index contributed by atoms with van der Waals surface area (Å²) in [7, 11) is 0. The molecule has 5 nitrogen and oxygen atoms in total. The highest BCUT2D eigenvalue weighted by molar-refractivity contribution is 5.77. The second-order valence-electron chi connectivity index (χ2n) is 6.51. The fourth-order valence-electron chi connectivity index (χ4n) is 3.34. The molecule has 1 aromatic carbocycles. The van der Waals surface area contributed by atoms with Crippen molar-refractivity contribution in [1.29, 1.82) is 0 Å². The molecule has 1 aliphatic heterocycles. The molecule has 2 heterocycles. The number of carbonyl (C=O) groups excluding carboxylic acids is 1. The van der Waals surface area contributed by atoms with Gasteiger partial charge in [-0.15, -0.1) is 0 Å². The molecule has 5 heteroatoms. The van der Waals surface area contributed by atoms with Crippen molar-refractivity contribution in [3.05, 3.63) is 52.3 Å². The Hall–Kier alpha value is -2.14. The molecule has 128 valence electrons. The zero-order valence-electron chi connectivity index (χ0n) is 14.6. The molecule has 0 saturated carbocycles. The molecule has 0 bridgehead atoms. The van der Waals surface area contributed by atoms with Crippen LogP contribution in [0, 0.1) is 20.8 Å². The van der Waals surface area contributed by atoms with E-state index in [0.717, 1.165) is 23.4 Å². The third-order valence-electron chi connectivity index (χ3n) is 4.72. The molecule has 3 rings (SSSR count). The van der Waals surface area contributed by atoms with Crippen LogP contribution in [0.2, 0.25) is 0 Å². The number of carbonyl (C=O) groups is 1. The Balaban J connectivity index is 1.70. The van der Waals surface area contributed by atoms with Gasteiger partial charge in [0.15, 0.2) is 0 Å². The minimum absolute atomic E-state index is 0.0389. The highest BCUT2D eigenvalue weighted by Gasteiger charge is 2.31. The molecule has 1 fully saturated rings. The summed E-state index contributed by atoms with van der Waals surface area (Å²) < 4.78 is 5.64. The normalized spacial score (nSPS) is 18.0. The van der Waals surface area contributed by atoms with Crippen LogP contribution in [0.4, 0.5) is 0 Å². The van der Waals surface area contributed by atoms with Crippen LogP contribution in [-0.2, 0) is 16.0 Å². The monoisotopic (exact) mass is 327 g/mol. The third-order valence-corrected chi connectivity index (χ3v) is 4.72. The zero-order valence-corrected chi connectivity index (χ0v) is 14.6. The molecule has 0 aliphatic carbocycles. The van der Waals surface area contributed by atoms with E-state index in [-0.39, 0.29) is 11.9 Å². The molecule has 1 aliphatic rings. The van der Waals surface area contributed by atoms with E-state index < -0.39 is 0 Å². The minimum Gasteiger partial charge on any atom is -0.377 e. The number of amides is 1. The Morgan fingerprint density at radius 3 is 2.71 bits per heavy atom. The van der Waals surface area contributed by atoms with Crippen LogP contribution in [0.15, 0.2) is 24.3 Å². The van der Waals surface area contributed by atoms with Crippen LogP contribution in [0.5, 0.6) is 0 Å². The number of aromatic amines is 1. The van der Waals surface area contributed by atoms with E-state index in [9.17, 15) is 4.79 Å². The SMILES string of the molecule is Cc1ccc(CCC(=O)N2CCOC[C@H]2c2c(C)n[nH]c2C)cc1. The molecule has 1 saturated heterocycles. The zero-order chi connectivity index (χ0) is 17.1. The summed E-state index contributed by atoms with van der Waals surface area (Å²) in [5.41, 5.74) is 5.50. The highest BCUT2D eigenvalue weighted by Crippen LogP contribution is 2.29. The van der Waals surface area contributed by atoms with Crippen LogP contribution in [-0.4, -0.2) is 40.8 Å². The molecule has 0 unspecified atom stereocenters. The van der Waals surface area contributed by atoms with Crippen LogP contribution in [0.1, 0.15) is 40.5 Å². The largest absolute Gasteiger partial charge is 0.377 e. The van der Waals surface area contributed by atoms with Crippen molar-refractivity contribution >= 4 is 5.91 Å². The topological polar surface area (TPSA) is 58.2 Å². The van der Waals surface area contributed by atoms with Crippen molar-refractivity contribution in [1.82, 2.24) is 15.1 Å². The summed E-state index contributed by atoms with van der Waals surface area (Å²) in [5, 5.41) is 7.28. The van der Waals surface area contributed by atoms with E-state index in [1.54, 1.807) is 0 Å². The van der Waals surface area contributed by atoms with Crippen LogP contribution in [0.3, 0.4) is 0 Å². The molecule has 1 amide bonds. The average molecular weight is 327 g/mol. The average Bonchev–Trinajstić information content (AvgIpc) is 2.92. The molecule has 24 heavy (non-hydrogen) atoms. The number of hydrogen-bond acceptors (Lipinski definition) is 3. The predicted octanol–water partition coefficient (Wildman–Crippen LogP) is 2.87. The van der Waals surface area contributed by atoms with Crippen LogP contribution < -0.4 is 0 Å². The van der Waals surface area contributed by atoms with Crippen LogP contribution >= 0.6 is 0 Å². The predicted molar refractivity (Wildman–Crippen MR) is 92.8 cm³/mol. The van der Waals surface area contributed by atoms with E-state index >= 15 is 0 Å². The van der Waals surface area contributed by atoms with E-state index in [2.05, 4.69) is 41.4 Å². The lowest BCUT2D eigenvalue weighted by Gasteiger charge is -2.36. The Labute approximate surface area is 143 Å². The third kappa shape index (κ3) is 3.51. The summed E-state index contributed by atoms with van der Waals surface area (Å²) in [6.07, 6.45) is 1.29. The number of aromatic nitrogens is 2. The summed E-state index contributed by atoms with van der Waals surface area (Å²) in [5.74, 6) is 0.184. The lowest BCUT2D eigenvalue weighted by molar-refractivity contribution is -0.140. The standard InChI is InChI=1S/C19H25N3O2/c1-13-4-6-16(7-5-13)8-9-18(23)22-10-11-24-12-17(22)19-14(2)20-21-15(19)3/h4-7,17H,8-12H2,1-3H3,(H,20,21)/t17-/m0/s1. The smallest absolute Gasteiger partial charge is 0.223 e. The summed E-state index contributed by atoms with van der Waals surface area (Å²) in [6, 6.07) is 8.35. The first kappa shape index (κ1) is 16.7. The Morgan fingerprint density at radius 2 is 2.04 bits per heavy atom. The molecule has 1 N–H and O–H groups in total. The molecule has 1 aromatic heterocycles. The Morgan fingerprint density at radius 1 is 1.29 bits per heavy atom. The number of aryl methyl sites for hydroxylation is 4. The van der Waals surface area contributed by atoms with E-state index in [4.69, 9.17) is 4.74 Å². The van der Waals surface area contributed by atoms with Gasteiger partial charge < -0.3 is 9.64 Å². The van der Waals surface area contributed by atoms with Crippen molar-refractivity contribution < 1.29 is 9.53 Å². The number of nitrogens with zero attached hydrogens (tertiary/aromatic N) is 2. The summed E-state index contributed by atoms with van der Waals surface area (Å²) >= 11 is 0. The van der Waals surface area contributed by atoms with Gasteiger partial charge in [0.1, 0.15) is 0 Å². The van der Waals surface area contributed by atoms with Gasteiger partial charge in [0.05, 0.1) is 24.9 Å². The van der Waals surface area contributed by atoms with Crippen molar-refractivity contribution in [2.45, 2.75) is 39.7 Å². The van der Waals surface area contributed by atoms with Gasteiger partial charge in [-0.25, -0.2) is 0 Å². The van der Waals surface area contributed by atoms with Crippen molar-refractivity contribution in [2.24, 2.45) is 0 Å².